The maximum absolute atomic E-state index is 8.41. The first kappa shape index (κ1) is 8.82. The molecule has 0 aliphatic heterocycles. The number of nitrogens with zero attached hydrogens (tertiary/aromatic N) is 1. The van der Waals surface area contributed by atoms with Gasteiger partial charge in [0.05, 0.1) is 12.5 Å². The average molecular weight is 277 g/mol. The molecule has 1 rings (SSSR count). The Morgan fingerprint density at radius 2 is 2.18 bits per heavy atom. The molecule has 1 aromatic rings. The Balaban J connectivity index is 3.01. The summed E-state index contributed by atoms with van der Waals surface area (Å²) in [6.45, 7) is 0. The Hall–Kier alpha value is -0.270. The summed E-state index contributed by atoms with van der Waals surface area (Å²) in [5, 5.41) is 9.10. The lowest BCUT2D eigenvalue weighted by Crippen LogP contribution is -1.82. The summed E-state index contributed by atoms with van der Waals surface area (Å²) < 4.78 is 1.07. The van der Waals surface area contributed by atoms with E-state index in [2.05, 4.69) is 28.7 Å². The lowest BCUT2D eigenvalue weighted by atomic mass is 10.2. The number of rotatable bonds is 1. The first-order valence-electron chi connectivity index (χ1n) is 3.04. The molecule has 0 unspecified atom stereocenters. The Bertz CT molecular complexity index is 283. The Labute approximate surface area is 84.1 Å². The summed E-state index contributed by atoms with van der Waals surface area (Å²) in [5.74, 6) is 0. The first-order chi connectivity index (χ1) is 5.22. The van der Waals surface area contributed by atoms with Crippen molar-refractivity contribution < 1.29 is 0 Å². The van der Waals surface area contributed by atoms with Gasteiger partial charge in [-0.2, -0.15) is 5.26 Å². The van der Waals surface area contributed by atoms with E-state index < -0.39 is 0 Å². The minimum atomic E-state index is 0.427. The van der Waals surface area contributed by atoms with Gasteiger partial charge >= 0.3 is 0 Å². The molecule has 0 radical (unpaired) electrons. The van der Waals surface area contributed by atoms with Crippen LogP contribution in [0.1, 0.15) is 5.56 Å². The second kappa shape index (κ2) is 3.93. The van der Waals surface area contributed by atoms with Crippen molar-refractivity contribution in [2.75, 3.05) is 0 Å². The van der Waals surface area contributed by atoms with Gasteiger partial charge in [0, 0.05) is 8.59 Å². The molecular formula is C8H5ClIN. The topological polar surface area (TPSA) is 23.8 Å². The van der Waals surface area contributed by atoms with Crippen LogP contribution in [0.3, 0.4) is 0 Å². The van der Waals surface area contributed by atoms with E-state index in [1.807, 2.05) is 18.2 Å². The van der Waals surface area contributed by atoms with Crippen LogP contribution in [0.4, 0.5) is 0 Å². The van der Waals surface area contributed by atoms with Crippen LogP contribution in [0.15, 0.2) is 18.2 Å². The molecule has 11 heavy (non-hydrogen) atoms. The van der Waals surface area contributed by atoms with Crippen LogP contribution >= 0.6 is 34.2 Å². The molecule has 56 valence electrons. The van der Waals surface area contributed by atoms with E-state index >= 15 is 0 Å². The second-order valence-corrected chi connectivity index (χ2v) is 3.79. The van der Waals surface area contributed by atoms with Gasteiger partial charge in [-0.15, -0.1) is 0 Å². The molecule has 0 heterocycles. The summed E-state index contributed by atoms with van der Waals surface area (Å²) in [4.78, 5) is 0. The van der Waals surface area contributed by atoms with Crippen molar-refractivity contribution in [3.63, 3.8) is 0 Å². The third-order valence-corrected chi connectivity index (χ3v) is 2.05. The minimum Gasteiger partial charge on any atom is -0.198 e. The van der Waals surface area contributed by atoms with E-state index in [9.17, 15) is 0 Å². The molecule has 0 amide bonds. The van der Waals surface area contributed by atoms with Crippen LogP contribution in [-0.2, 0) is 6.42 Å². The van der Waals surface area contributed by atoms with E-state index in [0.29, 0.717) is 11.4 Å². The SMILES string of the molecule is N#CCc1cc(Cl)cc(I)c1. The molecule has 0 saturated heterocycles. The monoisotopic (exact) mass is 277 g/mol. The summed E-state index contributed by atoms with van der Waals surface area (Å²) in [7, 11) is 0. The van der Waals surface area contributed by atoms with Crippen molar-refractivity contribution in [1.29, 1.82) is 5.26 Å². The highest BCUT2D eigenvalue weighted by Crippen LogP contribution is 2.16. The van der Waals surface area contributed by atoms with Crippen molar-refractivity contribution in [1.82, 2.24) is 0 Å². The number of hydrogen-bond acceptors (Lipinski definition) is 1. The molecule has 0 atom stereocenters. The molecule has 1 aromatic carbocycles. The quantitative estimate of drug-likeness (QED) is 0.724. The van der Waals surface area contributed by atoms with Crippen LogP contribution in [0.25, 0.3) is 0 Å². The van der Waals surface area contributed by atoms with Crippen LogP contribution in [0, 0.1) is 14.9 Å². The Kier molecular flexibility index (Phi) is 3.16. The van der Waals surface area contributed by atoms with Crippen molar-refractivity contribution in [3.05, 3.63) is 32.4 Å². The summed E-state index contributed by atoms with van der Waals surface area (Å²) in [5.41, 5.74) is 0.976. The number of hydrogen-bond donors (Lipinski definition) is 0. The predicted molar refractivity (Wildman–Crippen MR) is 53.5 cm³/mol. The normalized spacial score (nSPS) is 9.18. The fourth-order valence-electron chi connectivity index (χ4n) is 0.804. The molecule has 0 aliphatic rings. The van der Waals surface area contributed by atoms with Crippen molar-refractivity contribution in [3.8, 4) is 6.07 Å². The van der Waals surface area contributed by atoms with E-state index in [1.54, 1.807) is 0 Å². The molecule has 0 N–H and O–H groups in total. The van der Waals surface area contributed by atoms with Crippen molar-refractivity contribution in [2.24, 2.45) is 0 Å². The van der Waals surface area contributed by atoms with E-state index in [-0.39, 0.29) is 0 Å². The second-order valence-electron chi connectivity index (χ2n) is 2.11. The predicted octanol–water partition coefficient (Wildman–Crippen LogP) is 3.01. The molecule has 0 spiro atoms. The average Bonchev–Trinajstić information content (AvgIpc) is 1.85. The van der Waals surface area contributed by atoms with Gasteiger partial charge in [0.1, 0.15) is 0 Å². The Morgan fingerprint density at radius 3 is 2.73 bits per heavy atom. The van der Waals surface area contributed by atoms with E-state index in [0.717, 1.165) is 9.13 Å². The van der Waals surface area contributed by atoms with Gasteiger partial charge in [-0.1, -0.05) is 11.6 Å². The van der Waals surface area contributed by atoms with E-state index in [1.165, 1.54) is 0 Å². The maximum atomic E-state index is 8.41. The smallest absolute Gasteiger partial charge is 0.0669 e. The molecule has 3 heteroatoms. The van der Waals surface area contributed by atoms with Gasteiger partial charge in [0.15, 0.2) is 0 Å². The lowest BCUT2D eigenvalue weighted by Gasteiger charge is -1.96. The summed E-state index contributed by atoms with van der Waals surface area (Å²) in [6, 6.07) is 7.71. The molecule has 0 aromatic heterocycles. The third-order valence-electron chi connectivity index (χ3n) is 1.21. The van der Waals surface area contributed by atoms with Gasteiger partial charge < -0.3 is 0 Å². The molecular weight excluding hydrogens is 272 g/mol. The Morgan fingerprint density at radius 1 is 1.45 bits per heavy atom. The van der Waals surface area contributed by atoms with Crippen molar-refractivity contribution >= 4 is 34.2 Å². The number of benzene rings is 1. The zero-order valence-electron chi connectivity index (χ0n) is 5.64. The van der Waals surface area contributed by atoms with Crippen LogP contribution in [-0.4, -0.2) is 0 Å². The van der Waals surface area contributed by atoms with Gasteiger partial charge in [-0.3, -0.25) is 0 Å². The lowest BCUT2D eigenvalue weighted by molar-refractivity contribution is 1.26. The molecule has 0 saturated carbocycles. The highest BCUT2D eigenvalue weighted by Gasteiger charge is 1.95. The third kappa shape index (κ3) is 2.68. The number of nitriles is 1. The summed E-state index contributed by atoms with van der Waals surface area (Å²) >= 11 is 7.95. The van der Waals surface area contributed by atoms with Gasteiger partial charge in [0.25, 0.3) is 0 Å². The minimum absolute atomic E-state index is 0.427. The van der Waals surface area contributed by atoms with E-state index in [4.69, 9.17) is 16.9 Å². The zero-order valence-corrected chi connectivity index (χ0v) is 8.56. The van der Waals surface area contributed by atoms with Gasteiger partial charge in [-0.05, 0) is 46.4 Å². The highest BCUT2D eigenvalue weighted by atomic mass is 127. The maximum Gasteiger partial charge on any atom is 0.0669 e. The van der Waals surface area contributed by atoms with Gasteiger partial charge in [0.2, 0.25) is 0 Å². The highest BCUT2D eigenvalue weighted by molar-refractivity contribution is 14.1. The largest absolute Gasteiger partial charge is 0.198 e. The first-order valence-corrected chi connectivity index (χ1v) is 4.50. The standard InChI is InChI=1S/C8H5ClIN/c9-7-3-6(1-2-11)4-8(10)5-7/h3-5H,1H2. The van der Waals surface area contributed by atoms with Crippen molar-refractivity contribution in [2.45, 2.75) is 6.42 Å². The molecule has 0 bridgehead atoms. The molecule has 0 fully saturated rings. The fraction of sp³-hybridized carbons (Fsp3) is 0.125. The van der Waals surface area contributed by atoms with Crippen LogP contribution < -0.4 is 0 Å². The zero-order chi connectivity index (χ0) is 8.27. The molecule has 1 nitrogen and oxygen atoms in total. The van der Waals surface area contributed by atoms with Gasteiger partial charge in [-0.25, -0.2) is 0 Å². The fourth-order valence-corrected chi connectivity index (χ4v) is 1.98. The molecule has 0 aliphatic carbocycles. The number of halogens is 2. The van der Waals surface area contributed by atoms with Crippen LogP contribution in [0.2, 0.25) is 5.02 Å². The summed E-state index contributed by atoms with van der Waals surface area (Å²) in [6.07, 6.45) is 0.427. The van der Waals surface area contributed by atoms with Crippen LogP contribution in [0.5, 0.6) is 0 Å².